The number of nitrogens with two attached hydrogens (primary N) is 1. The number of hydrogen-bond acceptors (Lipinski definition) is 6. The molecule has 0 aromatic carbocycles. The molecule has 2 aromatic heterocycles. The number of nitrogens with zero attached hydrogens (tertiary/aromatic N) is 4. The largest absolute Gasteiger partial charge is 0.351 e. The van der Waals surface area contributed by atoms with Crippen molar-refractivity contribution in [2.24, 2.45) is 5.73 Å². The second-order valence-corrected chi connectivity index (χ2v) is 7.20. The summed E-state index contributed by atoms with van der Waals surface area (Å²) in [6.45, 7) is 0.637. The molecule has 7 nitrogen and oxygen atoms in total. The quantitative estimate of drug-likeness (QED) is 0.858. The second kappa shape index (κ2) is 7.56. The Kier molecular flexibility index (Phi) is 4.98. The highest BCUT2D eigenvalue weighted by atomic mass is 19.1. The first-order valence-electron chi connectivity index (χ1n) is 9.41. The van der Waals surface area contributed by atoms with Crippen LogP contribution in [0.15, 0.2) is 24.5 Å². The van der Waals surface area contributed by atoms with E-state index in [1.807, 2.05) is 0 Å². The average Bonchev–Trinajstić information content (AvgIpc) is 3.11. The Balaban J connectivity index is 1.57. The number of hydrogen-bond donors (Lipinski definition) is 2. The summed E-state index contributed by atoms with van der Waals surface area (Å²) >= 11 is 0. The van der Waals surface area contributed by atoms with Crippen LogP contribution in [0, 0.1) is 5.82 Å². The predicted octanol–water partition coefficient (Wildman–Crippen LogP) is 2.49. The Bertz CT molecular complexity index is 837. The third-order valence-electron chi connectivity index (χ3n) is 5.22. The lowest BCUT2D eigenvalue weighted by atomic mass is 9.92. The van der Waals surface area contributed by atoms with E-state index in [2.05, 4.69) is 20.3 Å². The number of carbonyl (C=O) groups excluding carboxylic acids is 1. The number of pyridine rings is 1. The summed E-state index contributed by atoms with van der Waals surface area (Å²) in [6.07, 6.45) is 7.92. The summed E-state index contributed by atoms with van der Waals surface area (Å²) in [5.74, 6) is 0.475. The Morgan fingerprint density at radius 3 is 2.78 bits per heavy atom. The van der Waals surface area contributed by atoms with E-state index >= 15 is 0 Å². The molecule has 142 valence electrons. The van der Waals surface area contributed by atoms with Gasteiger partial charge in [-0.3, -0.25) is 9.69 Å². The summed E-state index contributed by atoms with van der Waals surface area (Å²) in [6, 6.07) is 3.91. The summed E-state index contributed by atoms with van der Waals surface area (Å²) in [7, 11) is 0. The van der Waals surface area contributed by atoms with E-state index in [0.717, 1.165) is 32.1 Å². The van der Waals surface area contributed by atoms with Crippen LogP contribution in [0.2, 0.25) is 0 Å². The highest BCUT2D eigenvalue weighted by Gasteiger charge is 2.24. The van der Waals surface area contributed by atoms with E-state index in [1.54, 1.807) is 23.2 Å². The highest BCUT2D eigenvalue weighted by molar-refractivity contribution is 5.94. The van der Waals surface area contributed by atoms with E-state index in [1.165, 1.54) is 6.20 Å². The van der Waals surface area contributed by atoms with Crippen LogP contribution in [-0.2, 0) is 4.79 Å². The number of aromatic nitrogens is 3. The molecule has 1 aliphatic heterocycles. The molecule has 8 heteroatoms. The van der Waals surface area contributed by atoms with Gasteiger partial charge in [0.05, 0.1) is 6.20 Å². The second-order valence-electron chi connectivity index (χ2n) is 7.20. The maximum Gasteiger partial charge on any atom is 0.228 e. The van der Waals surface area contributed by atoms with E-state index in [4.69, 9.17) is 5.73 Å². The molecule has 1 saturated carbocycles. The topological polar surface area (TPSA) is 97.0 Å². The summed E-state index contributed by atoms with van der Waals surface area (Å²) in [5.41, 5.74) is 6.72. The van der Waals surface area contributed by atoms with Gasteiger partial charge in [0.15, 0.2) is 5.82 Å². The minimum Gasteiger partial charge on any atom is -0.351 e. The number of nitrogens with one attached hydrogen (secondary N) is 1. The molecule has 2 aliphatic rings. The Hall–Kier alpha value is -2.61. The van der Waals surface area contributed by atoms with Crippen LogP contribution in [0.5, 0.6) is 0 Å². The molecule has 4 rings (SSSR count). The zero-order chi connectivity index (χ0) is 18.8. The minimum atomic E-state index is -0.504. The van der Waals surface area contributed by atoms with Crippen LogP contribution >= 0.6 is 0 Å². The van der Waals surface area contributed by atoms with Crippen molar-refractivity contribution in [2.75, 3.05) is 16.8 Å². The van der Waals surface area contributed by atoms with Crippen molar-refractivity contribution in [2.45, 2.75) is 50.6 Å². The molecule has 1 aliphatic carbocycles. The summed E-state index contributed by atoms with van der Waals surface area (Å²) in [4.78, 5) is 26.3. The van der Waals surface area contributed by atoms with Crippen LogP contribution in [0.3, 0.4) is 0 Å². The molecular formula is C19H23FN6O. The zero-order valence-corrected chi connectivity index (χ0v) is 15.1. The lowest BCUT2D eigenvalue weighted by molar-refractivity contribution is -0.117. The standard InChI is InChI=1S/C19H23FN6O/c20-15-11-23-19(24-14-5-3-13(21)4-6-14)25-18(15)12-7-8-22-16(10-12)26-9-1-2-17(26)27/h7-8,10-11,13-14H,1-6,9,21H2,(H,23,24,25)/t13-,14-. The van der Waals surface area contributed by atoms with Crippen molar-refractivity contribution in [3.8, 4) is 11.3 Å². The highest BCUT2D eigenvalue weighted by Crippen LogP contribution is 2.27. The van der Waals surface area contributed by atoms with Crippen molar-refractivity contribution in [1.82, 2.24) is 15.0 Å². The number of amides is 1. The minimum absolute atomic E-state index is 0.0423. The Morgan fingerprint density at radius 1 is 1.22 bits per heavy atom. The van der Waals surface area contributed by atoms with Gasteiger partial charge in [-0.2, -0.15) is 0 Å². The molecule has 0 radical (unpaired) electrons. The molecule has 0 spiro atoms. The normalized spacial score (nSPS) is 22.9. The zero-order valence-electron chi connectivity index (χ0n) is 15.1. The van der Waals surface area contributed by atoms with Crippen LogP contribution in [0.25, 0.3) is 11.3 Å². The molecule has 2 fully saturated rings. The molecule has 0 unspecified atom stereocenters. The maximum atomic E-state index is 14.4. The first kappa shape index (κ1) is 17.8. The maximum absolute atomic E-state index is 14.4. The molecular weight excluding hydrogens is 347 g/mol. The lowest BCUT2D eigenvalue weighted by Gasteiger charge is -2.26. The van der Waals surface area contributed by atoms with Gasteiger partial charge in [0, 0.05) is 36.8 Å². The van der Waals surface area contributed by atoms with Crippen molar-refractivity contribution < 1.29 is 9.18 Å². The number of rotatable bonds is 4. The van der Waals surface area contributed by atoms with Gasteiger partial charge in [0.25, 0.3) is 0 Å². The molecule has 27 heavy (non-hydrogen) atoms. The average molecular weight is 370 g/mol. The first-order valence-corrected chi connectivity index (χ1v) is 9.41. The Labute approximate surface area is 157 Å². The summed E-state index contributed by atoms with van der Waals surface area (Å²) in [5, 5.41) is 3.29. The lowest BCUT2D eigenvalue weighted by Crippen LogP contribution is -2.33. The van der Waals surface area contributed by atoms with Gasteiger partial charge in [-0.25, -0.2) is 19.3 Å². The van der Waals surface area contributed by atoms with Crippen LogP contribution < -0.4 is 16.0 Å². The van der Waals surface area contributed by atoms with Crippen molar-refractivity contribution in [3.05, 3.63) is 30.3 Å². The van der Waals surface area contributed by atoms with E-state index in [9.17, 15) is 9.18 Å². The summed E-state index contributed by atoms with van der Waals surface area (Å²) < 4.78 is 14.4. The predicted molar refractivity (Wildman–Crippen MR) is 101 cm³/mol. The van der Waals surface area contributed by atoms with Crippen molar-refractivity contribution >= 4 is 17.7 Å². The fourth-order valence-electron chi connectivity index (χ4n) is 3.69. The van der Waals surface area contributed by atoms with E-state index in [-0.39, 0.29) is 23.7 Å². The van der Waals surface area contributed by atoms with E-state index in [0.29, 0.717) is 30.3 Å². The van der Waals surface area contributed by atoms with E-state index < -0.39 is 5.82 Å². The SMILES string of the molecule is N[C@H]1CC[C@H](Nc2ncc(F)c(-c3ccnc(N4CCCC4=O)c3)n2)CC1. The van der Waals surface area contributed by atoms with Crippen LogP contribution in [0.1, 0.15) is 38.5 Å². The fraction of sp³-hybridized carbons (Fsp3) is 0.474. The monoisotopic (exact) mass is 370 g/mol. The van der Waals surface area contributed by atoms with Gasteiger partial charge >= 0.3 is 0 Å². The molecule has 3 N–H and O–H groups in total. The van der Waals surface area contributed by atoms with Crippen molar-refractivity contribution in [1.29, 1.82) is 0 Å². The van der Waals surface area contributed by atoms with Gasteiger partial charge in [-0.1, -0.05) is 0 Å². The van der Waals surface area contributed by atoms with Gasteiger partial charge in [-0.05, 0) is 44.2 Å². The van der Waals surface area contributed by atoms with Gasteiger partial charge in [0.1, 0.15) is 11.5 Å². The molecule has 1 amide bonds. The molecule has 3 heterocycles. The van der Waals surface area contributed by atoms with Crippen LogP contribution in [-0.4, -0.2) is 39.5 Å². The Morgan fingerprint density at radius 2 is 2.04 bits per heavy atom. The fourth-order valence-corrected chi connectivity index (χ4v) is 3.69. The number of carbonyl (C=O) groups is 1. The first-order chi connectivity index (χ1) is 13.1. The molecule has 2 aromatic rings. The van der Waals surface area contributed by atoms with Crippen LogP contribution in [0.4, 0.5) is 16.2 Å². The number of halogens is 1. The van der Waals surface area contributed by atoms with Gasteiger partial charge < -0.3 is 11.1 Å². The molecule has 0 bridgehead atoms. The molecule has 0 atom stereocenters. The number of anilines is 2. The third kappa shape index (κ3) is 3.90. The van der Waals surface area contributed by atoms with Gasteiger partial charge in [0.2, 0.25) is 11.9 Å². The third-order valence-corrected chi connectivity index (χ3v) is 5.22. The smallest absolute Gasteiger partial charge is 0.228 e. The molecule has 1 saturated heterocycles. The van der Waals surface area contributed by atoms with Crippen molar-refractivity contribution in [3.63, 3.8) is 0 Å². The van der Waals surface area contributed by atoms with Gasteiger partial charge in [-0.15, -0.1) is 0 Å².